The molecule has 3 rings (SSSR count). The number of sulfone groups is 1. The van der Waals surface area contributed by atoms with Crippen molar-refractivity contribution < 1.29 is 22.8 Å². The quantitative estimate of drug-likeness (QED) is 0.449. The number of nitrogens with one attached hydrogen (secondary N) is 1. The van der Waals surface area contributed by atoms with E-state index < -0.39 is 27.8 Å². The molecular formula is C18H21N3O5S. The van der Waals surface area contributed by atoms with E-state index in [2.05, 4.69) is 11.2 Å². The molecule has 0 aliphatic carbocycles. The van der Waals surface area contributed by atoms with Gasteiger partial charge in [-0.3, -0.25) is 14.5 Å². The van der Waals surface area contributed by atoms with Crippen LogP contribution in [0.1, 0.15) is 40.6 Å². The van der Waals surface area contributed by atoms with E-state index in [0.717, 1.165) is 10.6 Å². The standard InChI is InChI=1S/C18H21N3O5S/c1-4-5-15-17(23)20(18(24)19-15)9-16(22)14-8-11(2)21(12(14)3)13-6-7-27(25,26)10-13/h1,8,13,15H,5-7,9-10H2,2-3H3,(H,19,24)/t13-,15+/m0/s1. The van der Waals surface area contributed by atoms with E-state index >= 15 is 0 Å². The van der Waals surface area contributed by atoms with E-state index in [0.29, 0.717) is 17.7 Å². The van der Waals surface area contributed by atoms with Gasteiger partial charge in [-0.05, 0) is 26.3 Å². The molecule has 2 saturated heterocycles. The molecule has 0 aromatic carbocycles. The number of aryl methyl sites for hydroxylation is 1. The molecule has 2 fully saturated rings. The van der Waals surface area contributed by atoms with Crippen molar-refractivity contribution in [2.75, 3.05) is 18.1 Å². The van der Waals surface area contributed by atoms with Crippen molar-refractivity contribution in [3.63, 3.8) is 0 Å². The Morgan fingerprint density at radius 2 is 2.07 bits per heavy atom. The van der Waals surface area contributed by atoms with Gasteiger partial charge in [0, 0.05) is 29.4 Å². The summed E-state index contributed by atoms with van der Waals surface area (Å²) in [7, 11) is -3.06. The second-order valence-corrected chi connectivity index (χ2v) is 9.20. The SMILES string of the molecule is C#CC[C@H]1NC(=O)N(CC(=O)c2cc(C)n([C@H]3CCS(=O)(=O)C3)c2C)C1=O. The molecule has 9 heteroatoms. The maximum absolute atomic E-state index is 12.7. The van der Waals surface area contributed by atoms with Crippen molar-refractivity contribution in [2.45, 2.75) is 38.8 Å². The molecule has 144 valence electrons. The third-order valence-electron chi connectivity index (χ3n) is 5.09. The lowest BCUT2D eigenvalue weighted by atomic mass is 10.1. The Balaban J connectivity index is 1.81. The van der Waals surface area contributed by atoms with Gasteiger partial charge >= 0.3 is 6.03 Å². The number of Topliss-reactive ketones (excluding diaryl/α,β-unsaturated/α-hetero) is 1. The number of urea groups is 1. The second-order valence-electron chi connectivity index (χ2n) is 6.97. The number of ketones is 1. The molecule has 2 aliphatic heterocycles. The number of carbonyl (C=O) groups excluding carboxylic acids is 3. The van der Waals surface area contributed by atoms with Crippen LogP contribution in [0.3, 0.4) is 0 Å². The molecule has 1 aromatic heterocycles. The average molecular weight is 391 g/mol. The van der Waals surface area contributed by atoms with Crippen molar-refractivity contribution in [3.8, 4) is 12.3 Å². The zero-order valence-electron chi connectivity index (χ0n) is 15.2. The minimum Gasteiger partial charge on any atom is -0.344 e. The zero-order chi connectivity index (χ0) is 19.9. The summed E-state index contributed by atoms with van der Waals surface area (Å²) in [4.78, 5) is 37.8. The fraction of sp³-hybridized carbons (Fsp3) is 0.500. The summed E-state index contributed by atoms with van der Waals surface area (Å²) in [5.41, 5.74) is 1.81. The maximum atomic E-state index is 12.7. The third-order valence-corrected chi connectivity index (χ3v) is 6.84. The molecule has 0 radical (unpaired) electrons. The van der Waals surface area contributed by atoms with Gasteiger partial charge in [0.1, 0.15) is 6.04 Å². The molecule has 3 amide bonds. The van der Waals surface area contributed by atoms with Gasteiger partial charge in [-0.25, -0.2) is 13.2 Å². The Labute approximate surface area is 157 Å². The smallest absolute Gasteiger partial charge is 0.325 e. The first-order valence-corrected chi connectivity index (χ1v) is 10.4. The lowest BCUT2D eigenvalue weighted by Gasteiger charge is -2.16. The highest BCUT2D eigenvalue weighted by atomic mass is 32.2. The molecule has 0 saturated carbocycles. The Morgan fingerprint density at radius 1 is 1.37 bits per heavy atom. The number of imide groups is 1. The Kier molecular flexibility index (Phi) is 4.86. The fourth-order valence-corrected chi connectivity index (χ4v) is 5.51. The van der Waals surface area contributed by atoms with Crippen LogP contribution in [-0.4, -0.2) is 59.7 Å². The predicted molar refractivity (Wildman–Crippen MR) is 98.0 cm³/mol. The number of hydrogen-bond donors (Lipinski definition) is 1. The fourth-order valence-electron chi connectivity index (χ4n) is 3.81. The van der Waals surface area contributed by atoms with Crippen molar-refractivity contribution in [3.05, 3.63) is 23.0 Å². The number of rotatable bonds is 5. The van der Waals surface area contributed by atoms with Gasteiger partial charge in [0.2, 0.25) is 0 Å². The van der Waals surface area contributed by atoms with Gasteiger partial charge in [0.15, 0.2) is 15.6 Å². The van der Waals surface area contributed by atoms with Crippen LogP contribution in [0.25, 0.3) is 0 Å². The van der Waals surface area contributed by atoms with E-state index in [1.807, 2.05) is 11.5 Å². The van der Waals surface area contributed by atoms with Crippen LogP contribution in [0.5, 0.6) is 0 Å². The van der Waals surface area contributed by atoms with Crippen LogP contribution < -0.4 is 5.32 Å². The molecule has 2 aliphatic rings. The normalized spacial score (nSPS) is 24.1. The van der Waals surface area contributed by atoms with E-state index in [4.69, 9.17) is 6.42 Å². The van der Waals surface area contributed by atoms with Gasteiger partial charge in [-0.2, -0.15) is 0 Å². The molecule has 2 atom stereocenters. The lowest BCUT2D eigenvalue weighted by Crippen LogP contribution is -2.36. The highest BCUT2D eigenvalue weighted by Gasteiger charge is 2.39. The van der Waals surface area contributed by atoms with Crippen molar-refractivity contribution in [1.82, 2.24) is 14.8 Å². The molecule has 1 aromatic rings. The van der Waals surface area contributed by atoms with Crippen LogP contribution >= 0.6 is 0 Å². The number of terminal acetylenes is 1. The molecule has 27 heavy (non-hydrogen) atoms. The second kappa shape index (κ2) is 6.85. The number of nitrogens with zero attached hydrogens (tertiary/aromatic N) is 2. The lowest BCUT2D eigenvalue weighted by molar-refractivity contribution is -0.127. The number of hydrogen-bond acceptors (Lipinski definition) is 5. The summed E-state index contributed by atoms with van der Waals surface area (Å²) in [5, 5.41) is 2.47. The van der Waals surface area contributed by atoms with Gasteiger partial charge in [-0.15, -0.1) is 12.3 Å². The number of amides is 3. The minimum absolute atomic E-state index is 0.0533. The molecular weight excluding hydrogens is 370 g/mol. The van der Waals surface area contributed by atoms with Crippen molar-refractivity contribution in [2.24, 2.45) is 0 Å². The monoisotopic (exact) mass is 391 g/mol. The molecule has 8 nitrogen and oxygen atoms in total. The molecule has 3 heterocycles. The summed E-state index contributed by atoms with van der Waals surface area (Å²) in [5.74, 6) is 1.63. The number of carbonyl (C=O) groups is 3. The van der Waals surface area contributed by atoms with Gasteiger partial charge in [0.05, 0.1) is 18.1 Å². The van der Waals surface area contributed by atoms with Crippen LogP contribution in [0.4, 0.5) is 4.79 Å². The highest BCUT2D eigenvalue weighted by molar-refractivity contribution is 7.91. The molecule has 0 spiro atoms. The number of aromatic nitrogens is 1. The largest absolute Gasteiger partial charge is 0.344 e. The van der Waals surface area contributed by atoms with Crippen LogP contribution in [0.2, 0.25) is 0 Å². The van der Waals surface area contributed by atoms with Gasteiger partial charge < -0.3 is 9.88 Å². The summed E-state index contributed by atoms with van der Waals surface area (Å²) < 4.78 is 25.4. The van der Waals surface area contributed by atoms with E-state index in [-0.39, 0.29) is 36.3 Å². The van der Waals surface area contributed by atoms with E-state index in [1.165, 1.54) is 0 Å². The third kappa shape index (κ3) is 3.49. The summed E-state index contributed by atoms with van der Waals surface area (Å²) in [6.45, 7) is 3.18. The topological polar surface area (TPSA) is 106 Å². The molecule has 1 N–H and O–H groups in total. The highest BCUT2D eigenvalue weighted by Crippen LogP contribution is 2.29. The summed E-state index contributed by atoms with van der Waals surface area (Å²) in [6, 6.07) is 0.0453. The van der Waals surface area contributed by atoms with Crippen LogP contribution in [-0.2, 0) is 14.6 Å². The Bertz CT molecular complexity index is 970. The minimum atomic E-state index is -3.06. The Morgan fingerprint density at radius 3 is 2.67 bits per heavy atom. The van der Waals surface area contributed by atoms with Crippen LogP contribution in [0.15, 0.2) is 6.07 Å². The first kappa shape index (κ1) is 19.2. The first-order chi connectivity index (χ1) is 12.6. The average Bonchev–Trinajstić information content (AvgIpc) is 3.17. The van der Waals surface area contributed by atoms with Gasteiger partial charge in [0.25, 0.3) is 5.91 Å². The van der Waals surface area contributed by atoms with Gasteiger partial charge in [-0.1, -0.05) is 0 Å². The first-order valence-electron chi connectivity index (χ1n) is 8.62. The maximum Gasteiger partial charge on any atom is 0.325 e. The van der Waals surface area contributed by atoms with Crippen LogP contribution in [0, 0.1) is 26.2 Å². The predicted octanol–water partition coefficient (Wildman–Crippen LogP) is 0.591. The van der Waals surface area contributed by atoms with E-state index in [9.17, 15) is 22.8 Å². The molecule has 0 bridgehead atoms. The molecule has 0 unspecified atom stereocenters. The van der Waals surface area contributed by atoms with Crippen molar-refractivity contribution in [1.29, 1.82) is 0 Å². The summed E-state index contributed by atoms with van der Waals surface area (Å²) in [6.07, 6.45) is 5.76. The zero-order valence-corrected chi connectivity index (χ0v) is 16.0. The summed E-state index contributed by atoms with van der Waals surface area (Å²) >= 11 is 0. The van der Waals surface area contributed by atoms with Crippen molar-refractivity contribution >= 4 is 27.6 Å². The van der Waals surface area contributed by atoms with E-state index in [1.54, 1.807) is 13.0 Å². The Hall–Kier alpha value is -2.60.